The molecule has 0 bridgehead atoms. The first-order valence-electron chi connectivity index (χ1n) is 13.5. The van der Waals surface area contributed by atoms with E-state index in [-0.39, 0.29) is 12.3 Å². The van der Waals surface area contributed by atoms with E-state index in [4.69, 9.17) is 4.74 Å². The predicted octanol–water partition coefficient (Wildman–Crippen LogP) is 6.56. The van der Waals surface area contributed by atoms with Crippen molar-refractivity contribution in [2.45, 2.75) is 6.42 Å². The highest BCUT2D eigenvalue weighted by Gasteiger charge is 2.17. The molecule has 2 aromatic carbocycles. The zero-order valence-corrected chi connectivity index (χ0v) is 22.9. The monoisotopic (exact) mass is 569 g/mol. The van der Waals surface area contributed by atoms with E-state index < -0.39 is 5.82 Å². The number of carbonyl (C=O) groups excluding carboxylic acids is 1. The second-order valence-corrected chi connectivity index (χ2v) is 10.0. The van der Waals surface area contributed by atoms with Crippen LogP contribution in [0.4, 0.5) is 10.1 Å². The van der Waals surface area contributed by atoms with Crippen molar-refractivity contribution in [2.24, 2.45) is 0 Å². The van der Waals surface area contributed by atoms with Crippen LogP contribution in [0.25, 0.3) is 55.7 Å². The number of hydrogen-bond acceptors (Lipinski definition) is 6. The third kappa shape index (κ3) is 5.17. The molecule has 0 saturated carbocycles. The summed E-state index contributed by atoms with van der Waals surface area (Å²) in [6, 6.07) is 21.7. The Labute approximate surface area is 244 Å². The van der Waals surface area contributed by atoms with Crippen LogP contribution in [0, 0.1) is 5.82 Å². The number of H-pyrrole nitrogens is 2. The number of anilines is 1. The fraction of sp³-hybridized carbons (Fsp3) is 0.0606. The first-order valence-corrected chi connectivity index (χ1v) is 13.5. The number of benzene rings is 2. The van der Waals surface area contributed by atoms with Crippen LogP contribution in [0.15, 0.2) is 97.6 Å². The first kappa shape index (κ1) is 26.0. The van der Waals surface area contributed by atoms with Crippen LogP contribution in [-0.4, -0.2) is 43.2 Å². The van der Waals surface area contributed by atoms with Crippen LogP contribution in [0.1, 0.15) is 5.56 Å². The molecule has 0 aliphatic rings. The molecule has 7 rings (SSSR count). The molecule has 0 spiro atoms. The molecule has 9 nitrogen and oxygen atoms in total. The summed E-state index contributed by atoms with van der Waals surface area (Å²) in [7, 11) is 1.50. The van der Waals surface area contributed by atoms with Gasteiger partial charge in [0, 0.05) is 57.6 Å². The lowest BCUT2D eigenvalue weighted by Gasteiger charge is -2.07. The van der Waals surface area contributed by atoms with Crippen molar-refractivity contribution in [1.29, 1.82) is 0 Å². The Kier molecular flexibility index (Phi) is 6.55. The lowest BCUT2D eigenvalue weighted by atomic mass is 10.1. The van der Waals surface area contributed by atoms with Gasteiger partial charge in [-0.25, -0.2) is 9.37 Å². The maximum absolute atomic E-state index is 14.3. The van der Waals surface area contributed by atoms with Crippen molar-refractivity contribution in [3.05, 3.63) is 109 Å². The van der Waals surface area contributed by atoms with Gasteiger partial charge in [-0.3, -0.25) is 19.9 Å². The predicted molar refractivity (Wildman–Crippen MR) is 163 cm³/mol. The Bertz CT molecular complexity index is 2120. The van der Waals surface area contributed by atoms with Crippen LogP contribution in [0.5, 0.6) is 5.75 Å². The number of nitrogens with one attached hydrogen (secondary N) is 3. The number of nitrogens with zero attached hydrogens (tertiary/aromatic N) is 4. The van der Waals surface area contributed by atoms with Crippen molar-refractivity contribution in [1.82, 2.24) is 30.1 Å². The highest BCUT2D eigenvalue weighted by Crippen LogP contribution is 2.35. The second-order valence-electron chi connectivity index (χ2n) is 10.0. The van der Waals surface area contributed by atoms with Crippen molar-refractivity contribution in [2.75, 3.05) is 12.4 Å². The SMILES string of the molecule is COc1cc(F)cc(-c2nccc3[nH]c(-c4n[nH]c5ncc(-c6cncc(NC(=O)Cc7ccccc7)c6)cc45)cc23)c1. The smallest absolute Gasteiger partial charge is 0.228 e. The van der Waals surface area contributed by atoms with Crippen LogP contribution in [0.2, 0.25) is 0 Å². The lowest BCUT2D eigenvalue weighted by Crippen LogP contribution is -2.14. The average molecular weight is 570 g/mol. The number of pyridine rings is 3. The number of aromatic amines is 2. The average Bonchev–Trinajstić information content (AvgIpc) is 3.65. The van der Waals surface area contributed by atoms with Gasteiger partial charge in [-0.1, -0.05) is 30.3 Å². The standard InChI is InChI=1S/C33H24FN7O2/c1-43-25-12-20(10-23(34)14-25)31-26-15-29(39-28(26)7-8-36-31)32-27-13-22(17-37-33(27)41-40-32)21-11-24(18-35-16-21)38-30(42)9-19-5-3-2-4-6-19/h2-8,10-18,39H,9H2,1H3,(H,38,42)(H,37,40,41). The molecule has 0 aliphatic heterocycles. The minimum Gasteiger partial charge on any atom is -0.497 e. The second kappa shape index (κ2) is 10.8. The Balaban J connectivity index is 1.22. The maximum atomic E-state index is 14.3. The van der Waals surface area contributed by atoms with E-state index in [0.717, 1.165) is 38.7 Å². The topological polar surface area (TPSA) is 121 Å². The molecule has 43 heavy (non-hydrogen) atoms. The molecule has 5 heterocycles. The molecule has 10 heteroatoms. The highest BCUT2D eigenvalue weighted by atomic mass is 19.1. The van der Waals surface area contributed by atoms with Gasteiger partial charge in [-0.2, -0.15) is 5.10 Å². The molecule has 0 unspecified atom stereocenters. The molecule has 0 saturated heterocycles. The summed E-state index contributed by atoms with van der Waals surface area (Å²) >= 11 is 0. The van der Waals surface area contributed by atoms with Gasteiger partial charge in [-0.05, 0) is 42.0 Å². The normalized spacial score (nSPS) is 11.2. The Morgan fingerprint density at radius 2 is 1.74 bits per heavy atom. The first-order chi connectivity index (χ1) is 21.0. The molecule has 0 aliphatic carbocycles. The minimum absolute atomic E-state index is 0.125. The number of hydrogen-bond donors (Lipinski definition) is 3. The van der Waals surface area contributed by atoms with E-state index in [0.29, 0.717) is 34.0 Å². The third-order valence-electron chi connectivity index (χ3n) is 7.16. The van der Waals surface area contributed by atoms with Crippen LogP contribution in [0.3, 0.4) is 0 Å². The summed E-state index contributed by atoms with van der Waals surface area (Å²) in [5.41, 5.74) is 7.21. The van der Waals surface area contributed by atoms with E-state index in [1.165, 1.54) is 19.2 Å². The number of carbonyl (C=O) groups is 1. The molecule has 1 amide bonds. The third-order valence-corrected chi connectivity index (χ3v) is 7.16. The van der Waals surface area contributed by atoms with Crippen LogP contribution < -0.4 is 10.1 Å². The summed E-state index contributed by atoms with van der Waals surface area (Å²) in [6.07, 6.45) is 7.03. The Morgan fingerprint density at radius 3 is 2.60 bits per heavy atom. The van der Waals surface area contributed by atoms with Crippen molar-refractivity contribution < 1.29 is 13.9 Å². The number of ether oxygens (including phenoxy) is 1. The highest BCUT2D eigenvalue weighted by molar-refractivity contribution is 6.00. The molecule has 3 N–H and O–H groups in total. The molecule has 0 atom stereocenters. The fourth-order valence-corrected chi connectivity index (χ4v) is 5.15. The largest absolute Gasteiger partial charge is 0.497 e. The number of amides is 1. The van der Waals surface area contributed by atoms with Gasteiger partial charge in [0.1, 0.15) is 17.3 Å². The lowest BCUT2D eigenvalue weighted by molar-refractivity contribution is -0.115. The van der Waals surface area contributed by atoms with Gasteiger partial charge in [0.15, 0.2) is 5.65 Å². The van der Waals surface area contributed by atoms with Crippen molar-refractivity contribution >= 4 is 33.5 Å². The van der Waals surface area contributed by atoms with Crippen LogP contribution in [-0.2, 0) is 11.2 Å². The summed E-state index contributed by atoms with van der Waals surface area (Å²) < 4.78 is 19.6. The van der Waals surface area contributed by atoms with Gasteiger partial charge in [0.05, 0.1) is 36.8 Å². The van der Waals surface area contributed by atoms with E-state index in [9.17, 15) is 9.18 Å². The quantitative estimate of drug-likeness (QED) is 0.200. The van der Waals surface area contributed by atoms with Gasteiger partial charge in [0.25, 0.3) is 0 Å². The molecular weight excluding hydrogens is 545 g/mol. The van der Waals surface area contributed by atoms with Crippen LogP contribution >= 0.6 is 0 Å². The zero-order chi connectivity index (χ0) is 29.3. The molecule has 7 aromatic rings. The molecule has 210 valence electrons. The zero-order valence-electron chi connectivity index (χ0n) is 22.9. The molecule has 0 radical (unpaired) electrons. The van der Waals surface area contributed by atoms with Gasteiger partial charge < -0.3 is 15.0 Å². The van der Waals surface area contributed by atoms with Gasteiger partial charge in [0.2, 0.25) is 5.91 Å². The number of methoxy groups -OCH3 is 1. The summed E-state index contributed by atoms with van der Waals surface area (Å²) in [5, 5.41) is 12.1. The van der Waals surface area contributed by atoms with E-state index >= 15 is 0 Å². The van der Waals surface area contributed by atoms with Crippen molar-refractivity contribution in [3.8, 4) is 39.5 Å². The molecular formula is C33H24FN7O2. The molecule has 0 fully saturated rings. The van der Waals surface area contributed by atoms with E-state index in [1.807, 2.05) is 54.6 Å². The molecule has 5 aromatic heterocycles. The van der Waals surface area contributed by atoms with E-state index in [2.05, 4.69) is 35.5 Å². The van der Waals surface area contributed by atoms with E-state index in [1.54, 1.807) is 30.9 Å². The number of fused-ring (bicyclic) bond motifs is 2. The summed E-state index contributed by atoms with van der Waals surface area (Å²) in [4.78, 5) is 29.5. The maximum Gasteiger partial charge on any atom is 0.228 e. The Hall–Kier alpha value is -5.90. The number of aromatic nitrogens is 6. The number of rotatable bonds is 7. The summed E-state index contributed by atoms with van der Waals surface area (Å²) in [6.45, 7) is 0. The Morgan fingerprint density at radius 1 is 0.884 bits per heavy atom. The summed E-state index contributed by atoms with van der Waals surface area (Å²) in [5.74, 6) is -0.119. The minimum atomic E-state index is -0.407. The number of halogens is 1. The van der Waals surface area contributed by atoms with Gasteiger partial charge >= 0.3 is 0 Å². The van der Waals surface area contributed by atoms with Gasteiger partial charge in [-0.15, -0.1) is 0 Å². The van der Waals surface area contributed by atoms with Crippen molar-refractivity contribution in [3.63, 3.8) is 0 Å². The fourth-order valence-electron chi connectivity index (χ4n) is 5.15.